The number of carbonyl (C=O) groups excluding carboxylic acids is 1. The molecule has 0 aliphatic heterocycles. The number of H-pyrrole nitrogens is 1. The molecule has 1 amide bonds. The summed E-state index contributed by atoms with van der Waals surface area (Å²) >= 11 is 3.63. The number of hydrogen-bond acceptors (Lipinski definition) is 2. The first-order valence-electron chi connectivity index (χ1n) is 5.18. The first-order valence-corrected chi connectivity index (χ1v) is 6.10. The third-order valence-electron chi connectivity index (χ3n) is 2.85. The van der Waals surface area contributed by atoms with Crippen LogP contribution in [-0.2, 0) is 0 Å². The molecule has 0 bridgehead atoms. The Labute approximate surface area is 97.0 Å². The van der Waals surface area contributed by atoms with Crippen LogP contribution in [0, 0.1) is 5.92 Å². The molecule has 1 heterocycles. The van der Waals surface area contributed by atoms with E-state index in [4.69, 9.17) is 0 Å². The van der Waals surface area contributed by atoms with Crippen LogP contribution in [-0.4, -0.2) is 27.5 Å². The van der Waals surface area contributed by atoms with Gasteiger partial charge in [-0.3, -0.25) is 9.89 Å². The zero-order chi connectivity index (χ0) is 10.7. The monoisotopic (exact) mass is 271 g/mol. The van der Waals surface area contributed by atoms with E-state index >= 15 is 0 Å². The molecule has 2 unspecified atom stereocenters. The summed E-state index contributed by atoms with van der Waals surface area (Å²) in [6.07, 6.45) is 6.81. The van der Waals surface area contributed by atoms with Gasteiger partial charge in [-0.1, -0.05) is 22.4 Å². The molecule has 2 rings (SSSR count). The lowest BCUT2D eigenvalue weighted by Gasteiger charge is -2.14. The number of aromatic nitrogens is 2. The Kier molecular flexibility index (Phi) is 3.41. The Bertz CT molecular complexity index is 325. The molecule has 0 spiro atoms. The maximum atomic E-state index is 11.6. The summed E-state index contributed by atoms with van der Waals surface area (Å²) in [6, 6.07) is 0. The molecule has 15 heavy (non-hydrogen) atoms. The topological polar surface area (TPSA) is 57.8 Å². The van der Waals surface area contributed by atoms with Crippen LogP contribution >= 0.6 is 15.9 Å². The van der Waals surface area contributed by atoms with Crippen molar-refractivity contribution in [1.29, 1.82) is 0 Å². The highest BCUT2D eigenvalue weighted by molar-refractivity contribution is 9.09. The van der Waals surface area contributed by atoms with E-state index < -0.39 is 0 Å². The van der Waals surface area contributed by atoms with Gasteiger partial charge >= 0.3 is 0 Å². The number of halogens is 1. The van der Waals surface area contributed by atoms with Crippen LogP contribution in [0.4, 0.5) is 0 Å². The van der Waals surface area contributed by atoms with E-state index in [0.717, 1.165) is 6.54 Å². The molecular formula is C10H14BrN3O. The fourth-order valence-corrected chi connectivity index (χ4v) is 2.70. The second kappa shape index (κ2) is 4.79. The van der Waals surface area contributed by atoms with Gasteiger partial charge in [-0.15, -0.1) is 0 Å². The smallest absolute Gasteiger partial charge is 0.254 e. The third-order valence-corrected chi connectivity index (χ3v) is 4.06. The maximum Gasteiger partial charge on any atom is 0.254 e. The number of amides is 1. The number of rotatable bonds is 3. The molecule has 82 valence electrons. The average Bonchev–Trinajstić information content (AvgIpc) is 2.85. The van der Waals surface area contributed by atoms with Crippen molar-refractivity contribution in [3.63, 3.8) is 0 Å². The van der Waals surface area contributed by atoms with Gasteiger partial charge in [0.1, 0.15) is 0 Å². The first kappa shape index (κ1) is 10.7. The minimum atomic E-state index is -0.0460. The van der Waals surface area contributed by atoms with Gasteiger partial charge in [-0.2, -0.15) is 5.10 Å². The molecule has 1 aromatic rings. The molecule has 1 aliphatic rings. The molecule has 1 fully saturated rings. The van der Waals surface area contributed by atoms with Gasteiger partial charge in [0.2, 0.25) is 0 Å². The number of alkyl halides is 1. The van der Waals surface area contributed by atoms with Crippen LogP contribution in [0.1, 0.15) is 29.6 Å². The van der Waals surface area contributed by atoms with Crippen molar-refractivity contribution < 1.29 is 4.79 Å². The van der Waals surface area contributed by atoms with Crippen molar-refractivity contribution in [3.8, 4) is 0 Å². The standard InChI is InChI=1S/C10H14BrN3O/c11-9-3-1-2-7(9)4-12-10(15)8-5-13-14-6-8/h5-7,9H,1-4H2,(H,12,15)(H,13,14). The van der Waals surface area contributed by atoms with E-state index in [1.807, 2.05) is 0 Å². The number of nitrogens with one attached hydrogen (secondary N) is 2. The second-order valence-corrected chi connectivity index (χ2v) is 5.08. The minimum Gasteiger partial charge on any atom is -0.352 e. The van der Waals surface area contributed by atoms with E-state index in [-0.39, 0.29) is 5.91 Å². The third kappa shape index (κ3) is 2.59. The highest BCUT2D eigenvalue weighted by Gasteiger charge is 2.25. The molecule has 1 saturated carbocycles. The van der Waals surface area contributed by atoms with Crippen LogP contribution in [0.2, 0.25) is 0 Å². The van der Waals surface area contributed by atoms with Gasteiger partial charge in [0.25, 0.3) is 5.91 Å². The molecule has 2 N–H and O–H groups in total. The summed E-state index contributed by atoms with van der Waals surface area (Å²) in [5.41, 5.74) is 0.596. The van der Waals surface area contributed by atoms with E-state index in [0.29, 0.717) is 16.3 Å². The van der Waals surface area contributed by atoms with Crippen molar-refractivity contribution >= 4 is 21.8 Å². The summed E-state index contributed by atoms with van der Waals surface area (Å²) in [5.74, 6) is 0.524. The van der Waals surface area contributed by atoms with E-state index in [1.54, 1.807) is 6.20 Å². The molecule has 1 aliphatic carbocycles. The highest BCUT2D eigenvalue weighted by atomic mass is 79.9. The number of hydrogen-bond donors (Lipinski definition) is 2. The van der Waals surface area contributed by atoms with Gasteiger partial charge < -0.3 is 5.32 Å². The Balaban J connectivity index is 1.81. The number of nitrogens with zero attached hydrogens (tertiary/aromatic N) is 1. The lowest BCUT2D eigenvalue weighted by molar-refractivity contribution is 0.0948. The molecule has 4 nitrogen and oxygen atoms in total. The Morgan fingerprint density at radius 1 is 1.67 bits per heavy atom. The Morgan fingerprint density at radius 3 is 3.13 bits per heavy atom. The zero-order valence-electron chi connectivity index (χ0n) is 8.37. The van der Waals surface area contributed by atoms with Gasteiger partial charge in [0, 0.05) is 17.6 Å². The summed E-state index contributed by atoms with van der Waals surface area (Å²) < 4.78 is 0. The van der Waals surface area contributed by atoms with Crippen LogP contribution in [0.5, 0.6) is 0 Å². The summed E-state index contributed by atoms with van der Waals surface area (Å²) in [7, 11) is 0. The molecule has 1 aromatic heterocycles. The summed E-state index contributed by atoms with van der Waals surface area (Å²) in [6.45, 7) is 0.750. The Morgan fingerprint density at radius 2 is 2.53 bits per heavy atom. The predicted molar refractivity (Wildman–Crippen MR) is 61.0 cm³/mol. The summed E-state index contributed by atoms with van der Waals surface area (Å²) in [5, 5.41) is 9.30. The lowest BCUT2D eigenvalue weighted by Crippen LogP contribution is -2.30. The quantitative estimate of drug-likeness (QED) is 0.823. The minimum absolute atomic E-state index is 0.0460. The largest absolute Gasteiger partial charge is 0.352 e. The van der Waals surface area contributed by atoms with Crippen LogP contribution in [0.25, 0.3) is 0 Å². The van der Waals surface area contributed by atoms with Crippen LogP contribution in [0.3, 0.4) is 0 Å². The van der Waals surface area contributed by atoms with Crippen LogP contribution in [0.15, 0.2) is 12.4 Å². The van der Waals surface area contributed by atoms with Crippen molar-refractivity contribution in [2.45, 2.75) is 24.1 Å². The van der Waals surface area contributed by atoms with Gasteiger partial charge in [-0.05, 0) is 18.8 Å². The molecular weight excluding hydrogens is 258 g/mol. The number of carbonyl (C=O) groups is 1. The Hall–Kier alpha value is -0.840. The molecule has 0 aromatic carbocycles. The van der Waals surface area contributed by atoms with Gasteiger partial charge in [0.05, 0.1) is 11.8 Å². The normalized spacial score (nSPS) is 25.4. The van der Waals surface area contributed by atoms with Crippen molar-refractivity contribution in [1.82, 2.24) is 15.5 Å². The van der Waals surface area contributed by atoms with E-state index in [9.17, 15) is 4.79 Å². The lowest BCUT2D eigenvalue weighted by atomic mass is 10.1. The highest BCUT2D eigenvalue weighted by Crippen LogP contribution is 2.30. The van der Waals surface area contributed by atoms with Crippen molar-refractivity contribution in [3.05, 3.63) is 18.0 Å². The number of aromatic amines is 1. The van der Waals surface area contributed by atoms with Gasteiger partial charge in [-0.25, -0.2) is 0 Å². The fraction of sp³-hybridized carbons (Fsp3) is 0.600. The van der Waals surface area contributed by atoms with Crippen molar-refractivity contribution in [2.75, 3.05) is 6.54 Å². The molecule has 0 saturated heterocycles. The fourth-order valence-electron chi connectivity index (χ4n) is 1.92. The zero-order valence-corrected chi connectivity index (χ0v) is 9.96. The van der Waals surface area contributed by atoms with Gasteiger partial charge in [0.15, 0.2) is 0 Å². The summed E-state index contributed by atoms with van der Waals surface area (Å²) in [4.78, 5) is 12.1. The predicted octanol–water partition coefficient (Wildman–Crippen LogP) is 1.70. The SMILES string of the molecule is O=C(NCC1CCCC1Br)c1cn[nH]c1. The van der Waals surface area contributed by atoms with E-state index in [2.05, 4.69) is 31.4 Å². The van der Waals surface area contributed by atoms with E-state index in [1.165, 1.54) is 25.5 Å². The second-order valence-electron chi connectivity index (χ2n) is 3.90. The average molecular weight is 272 g/mol. The van der Waals surface area contributed by atoms with Crippen molar-refractivity contribution in [2.24, 2.45) is 5.92 Å². The van der Waals surface area contributed by atoms with Crippen LogP contribution < -0.4 is 5.32 Å². The molecule has 0 radical (unpaired) electrons. The molecule has 2 atom stereocenters. The molecule has 5 heteroatoms. The first-order chi connectivity index (χ1) is 7.27. The maximum absolute atomic E-state index is 11.6.